The third kappa shape index (κ3) is 2.88. The van der Waals surface area contributed by atoms with E-state index in [4.69, 9.17) is 0 Å². The molecule has 0 aliphatic carbocycles. The molecule has 0 spiro atoms. The van der Waals surface area contributed by atoms with Gasteiger partial charge in [0.2, 0.25) is 0 Å². The van der Waals surface area contributed by atoms with Crippen molar-refractivity contribution in [3.63, 3.8) is 0 Å². The van der Waals surface area contributed by atoms with Gasteiger partial charge in [-0.1, -0.05) is 11.4 Å². The summed E-state index contributed by atoms with van der Waals surface area (Å²) in [5.74, 6) is -0.100. The Morgan fingerprint density at radius 3 is 3.18 bits per heavy atom. The molecule has 17 heavy (non-hydrogen) atoms. The standard InChI is InChI=1S/C10H13N5OS/c1-2-8-9(17-14-13-8)10(16)12-4-6-15-5-3-11-7-15/h3,5,7H,2,4,6H2,1H3,(H,12,16). The van der Waals surface area contributed by atoms with Crippen LogP contribution in [-0.2, 0) is 13.0 Å². The third-order valence-corrected chi connectivity index (χ3v) is 3.08. The molecular weight excluding hydrogens is 238 g/mol. The Bertz CT molecular complexity index is 479. The van der Waals surface area contributed by atoms with E-state index < -0.39 is 0 Å². The lowest BCUT2D eigenvalue weighted by molar-refractivity contribution is 0.0955. The molecule has 0 aliphatic rings. The summed E-state index contributed by atoms with van der Waals surface area (Å²) < 4.78 is 5.70. The quantitative estimate of drug-likeness (QED) is 0.850. The molecule has 0 bridgehead atoms. The molecule has 7 heteroatoms. The second-order valence-electron chi connectivity index (χ2n) is 3.46. The van der Waals surface area contributed by atoms with Crippen LogP contribution in [-0.4, -0.2) is 31.6 Å². The molecule has 0 saturated carbocycles. The second kappa shape index (κ2) is 5.53. The minimum atomic E-state index is -0.100. The minimum Gasteiger partial charge on any atom is -0.349 e. The van der Waals surface area contributed by atoms with E-state index in [1.807, 2.05) is 17.7 Å². The van der Waals surface area contributed by atoms with Crippen molar-refractivity contribution in [2.24, 2.45) is 0 Å². The Hall–Kier alpha value is -1.76. The first-order chi connectivity index (χ1) is 8.31. The van der Waals surface area contributed by atoms with Crippen molar-refractivity contribution >= 4 is 17.4 Å². The van der Waals surface area contributed by atoms with E-state index in [0.29, 0.717) is 18.0 Å². The van der Waals surface area contributed by atoms with Crippen LogP contribution in [0.1, 0.15) is 22.3 Å². The molecule has 0 radical (unpaired) electrons. The molecule has 1 N–H and O–H groups in total. The number of imidazole rings is 1. The Labute approximate surface area is 103 Å². The lowest BCUT2D eigenvalue weighted by Crippen LogP contribution is -2.27. The fourth-order valence-electron chi connectivity index (χ4n) is 1.41. The average molecular weight is 251 g/mol. The molecule has 0 aliphatic heterocycles. The van der Waals surface area contributed by atoms with Crippen molar-refractivity contribution < 1.29 is 4.79 Å². The van der Waals surface area contributed by atoms with Gasteiger partial charge >= 0.3 is 0 Å². The predicted molar refractivity (Wildman–Crippen MR) is 63.8 cm³/mol. The van der Waals surface area contributed by atoms with Gasteiger partial charge in [-0.3, -0.25) is 4.79 Å². The van der Waals surface area contributed by atoms with Crippen molar-refractivity contribution in [1.82, 2.24) is 24.5 Å². The van der Waals surface area contributed by atoms with Gasteiger partial charge in [-0.2, -0.15) is 0 Å². The third-order valence-electron chi connectivity index (χ3n) is 2.31. The van der Waals surface area contributed by atoms with Gasteiger partial charge in [0, 0.05) is 25.5 Å². The van der Waals surface area contributed by atoms with Crippen LogP contribution in [0.5, 0.6) is 0 Å². The van der Waals surface area contributed by atoms with E-state index in [2.05, 4.69) is 19.9 Å². The van der Waals surface area contributed by atoms with Crippen molar-refractivity contribution in [3.8, 4) is 0 Å². The molecule has 0 fully saturated rings. The van der Waals surface area contributed by atoms with Crippen LogP contribution >= 0.6 is 11.5 Å². The number of carbonyl (C=O) groups is 1. The Balaban J connectivity index is 1.85. The highest BCUT2D eigenvalue weighted by Crippen LogP contribution is 2.10. The largest absolute Gasteiger partial charge is 0.349 e. The van der Waals surface area contributed by atoms with Crippen LogP contribution in [0.25, 0.3) is 0 Å². The number of rotatable bonds is 5. The molecule has 0 unspecified atom stereocenters. The highest BCUT2D eigenvalue weighted by atomic mass is 32.1. The van der Waals surface area contributed by atoms with E-state index >= 15 is 0 Å². The molecule has 6 nitrogen and oxygen atoms in total. The first-order valence-electron chi connectivity index (χ1n) is 5.36. The van der Waals surface area contributed by atoms with Crippen molar-refractivity contribution in [2.45, 2.75) is 19.9 Å². The predicted octanol–water partition coefficient (Wildman–Crippen LogP) is 0.727. The van der Waals surface area contributed by atoms with Crippen LogP contribution in [0.2, 0.25) is 0 Å². The average Bonchev–Trinajstić information content (AvgIpc) is 2.99. The summed E-state index contributed by atoms with van der Waals surface area (Å²) in [6, 6.07) is 0. The van der Waals surface area contributed by atoms with Gasteiger partial charge in [-0.25, -0.2) is 4.98 Å². The molecule has 90 valence electrons. The van der Waals surface area contributed by atoms with Crippen LogP contribution in [0.15, 0.2) is 18.7 Å². The zero-order valence-corrected chi connectivity index (χ0v) is 10.3. The lowest BCUT2D eigenvalue weighted by atomic mass is 10.3. The molecule has 0 saturated heterocycles. The fourth-order valence-corrected chi connectivity index (χ4v) is 2.08. The first-order valence-corrected chi connectivity index (χ1v) is 6.13. The first kappa shape index (κ1) is 11.7. The molecule has 0 aromatic carbocycles. The summed E-state index contributed by atoms with van der Waals surface area (Å²) in [6.07, 6.45) is 6.01. The summed E-state index contributed by atoms with van der Waals surface area (Å²) in [5.41, 5.74) is 0.759. The van der Waals surface area contributed by atoms with Crippen LogP contribution in [0.4, 0.5) is 0 Å². The topological polar surface area (TPSA) is 72.7 Å². The van der Waals surface area contributed by atoms with Crippen molar-refractivity contribution in [2.75, 3.05) is 6.54 Å². The summed E-state index contributed by atoms with van der Waals surface area (Å²) in [6.45, 7) is 3.23. The Kier molecular flexibility index (Phi) is 3.81. The van der Waals surface area contributed by atoms with Gasteiger partial charge in [0.15, 0.2) is 0 Å². The number of carbonyl (C=O) groups excluding carboxylic acids is 1. The smallest absolute Gasteiger partial charge is 0.265 e. The number of nitrogens with one attached hydrogen (secondary N) is 1. The molecule has 1 amide bonds. The fraction of sp³-hybridized carbons (Fsp3) is 0.400. The van der Waals surface area contributed by atoms with Gasteiger partial charge in [0.25, 0.3) is 5.91 Å². The monoisotopic (exact) mass is 251 g/mol. The molecule has 2 aromatic heterocycles. The van der Waals surface area contributed by atoms with E-state index in [1.165, 1.54) is 0 Å². The van der Waals surface area contributed by atoms with Gasteiger partial charge in [-0.15, -0.1) is 5.10 Å². The molecular formula is C10H13N5OS. The number of aromatic nitrogens is 4. The van der Waals surface area contributed by atoms with Crippen LogP contribution in [0.3, 0.4) is 0 Å². The van der Waals surface area contributed by atoms with E-state index in [-0.39, 0.29) is 5.91 Å². The van der Waals surface area contributed by atoms with E-state index in [9.17, 15) is 4.79 Å². The van der Waals surface area contributed by atoms with Gasteiger partial charge in [0.1, 0.15) is 4.88 Å². The number of amides is 1. The summed E-state index contributed by atoms with van der Waals surface area (Å²) in [5, 5.41) is 6.75. The summed E-state index contributed by atoms with van der Waals surface area (Å²) in [7, 11) is 0. The molecule has 2 heterocycles. The minimum absolute atomic E-state index is 0.100. The maximum Gasteiger partial charge on any atom is 0.265 e. The SMILES string of the molecule is CCc1nnsc1C(=O)NCCn1ccnc1. The number of aryl methyl sites for hydroxylation is 1. The maximum absolute atomic E-state index is 11.8. The van der Waals surface area contributed by atoms with Crippen LogP contribution in [0, 0.1) is 0 Å². The van der Waals surface area contributed by atoms with E-state index in [1.54, 1.807) is 12.5 Å². The summed E-state index contributed by atoms with van der Waals surface area (Å²) >= 11 is 1.14. The summed E-state index contributed by atoms with van der Waals surface area (Å²) in [4.78, 5) is 16.3. The van der Waals surface area contributed by atoms with Gasteiger partial charge in [0.05, 0.1) is 12.0 Å². The maximum atomic E-state index is 11.8. The van der Waals surface area contributed by atoms with Crippen LogP contribution < -0.4 is 5.32 Å². The van der Waals surface area contributed by atoms with Gasteiger partial charge in [-0.05, 0) is 18.0 Å². The van der Waals surface area contributed by atoms with Crippen molar-refractivity contribution in [3.05, 3.63) is 29.3 Å². The number of nitrogens with zero attached hydrogens (tertiary/aromatic N) is 4. The zero-order chi connectivity index (χ0) is 12.1. The van der Waals surface area contributed by atoms with E-state index in [0.717, 1.165) is 23.6 Å². The van der Waals surface area contributed by atoms with Crippen molar-refractivity contribution in [1.29, 1.82) is 0 Å². The number of hydrogen-bond donors (Lipinski definition) is 1. The highest BCUT2D eigenvalue weighted by molar-refractivity contribution is 7.08. The second-order valence-corrected chi connectivity index (χ2v) is 4.21. The molecule has 2 rings (SSSR count). The molecule has 2 aromatic rings. The normalized spacial score (nSPS) is 10.4. The Morgan fingerprint density at radius 2 is 2.47 bits per heavy atom. The zero-order valence-electron chi connectivity index (χ0n) is 9.46. The van der Waals surface area contributed by atoms with Gasteiger partial charge < -0.3 is 9.88 Å². The Morgan fingerprint density at radius 1 is 1.59 bits per heavy atom. The number of hydrogen-bond acceptors (Lipinski definition) is 5. The molecule has 0 atom stereocenters. The highest BCUT2D eigenvalue weighted by Gasteiger charge is 2.13. The lowest BCUT2D eigenvalue weighted by Gasteiger charge is -2.04.